The van der Waals surface area contributed by atoms with Gasteiger partial charge >= 0.3 is 0 Å². The summed E-state index contributed by atoms with van der Waals surface area (Å²) in [7, 11) is 0. The van der Waals surface area contributed by atoms with Crippen molar-refractivity contribution in [2.75, 3.05) is 0 Å². The van der Waals surface area contributed by atoms with Gasteiger partial charge in [0.25, 0.3) is 5.91 Å². The van der Waals surface area contributed by atoms with Crippen molar-refractivity contribution in [3.8, 4) is 17.6 Å². The van der Waals surface area contributed by atoms with Crippen molar-refractivity contribution in [1.82, 2.24) is 5.32 Å². The Kier molecular flexibility index (Phi) is 5.76. The van der Waals surface area contributed by atoms with Crippen LogP contribution in [-0.2, 0) is 11.3 Å². The van der Waals surface area contributed by atoms with Crippen LogP contribution in [0, 0.1) is 11.3 Å². The van der Waals surface area contributed by atoms with E-state index in [0.717, 1.165) is 5.56 Å². The van der Waals surface area contributed by atoms with Crippen molar-refractivity contribution >= 4 is 12.0 Å². The fraction of sp³-hybridized carbons (Fsp3) is 0.0526. The molecular formula is C19H16N2O3. The number of phenolic OH excluding ortho intramolecular Hbond substituents is 2. The molecule has 0 atom stereocenters. The molecule has 5 nitrogen and oxygen atoms in total. The number of phenols is 2. The Hall–Kier alpha value is -3.52. The second-order valence-corrected chi connectivity index (χ2v) is 4.97. The molecule has 0 aliphatic rings. The summed E-state index contributed by atoms with van der Waals surface area (Å²) >= 11 is 0. The Morgan fingerprint density at radius 1 is 1.12 bits per heavy atom. The first-order valence-electron chi connectivity index (χ1n) is 7.22. The van der Waals surface area contributed by atoms with E-state index < -0.39 is 5.91 Å². The standard InChI is InChI=1S/C19H16N2O3/c20-12-16(19(24)21-13-15-5-2-1-3-6-15)8-4-7-14-9-10-17(22)18(23)11-14/h1-11,22-23H,13H2,(H,21,24)/b7-4+,16-8+. The fourth-order valence-corrected chi connectivity index (χ4v) is 1.94. The van der Waals surface area contributed by atoms with Crippen molar-refractivity contribution in [3.63, 3.8) is 0 Å². The van der Waals surface area contributed by atoms with Gasteiger partial charge in [0.05, 0.1) is 0 Å². The van der Waals surface area contributed by atoms with Crippen LogP contribution in [0.25, 0.3) is 6.08 Å². The molecule has 0 heterocycles. The lowest BCUT2D eigenvalue weighted by atomic mass is 10.1. The maximum Gasteiger partial charge on any atom is 0.262 e. The average Bonchev–Trinajstić information content (AvgIpc) is 2.60. The molecule has 0 saturated carbocycles. The normalized spacial score (nSPS) is 11.2. The average molecular weight is 320 g/mol. The van der Waals surface area contributed by atoms with E-state index in [4.69, 9.17) is 5.26 Å². The third-order valence-electron chi connectivity index (χ3n) is 3.21. The van der Waals surface area contributed by atoms with Crippen LogP contribution in [0.5, 0.6) is 11.5 Å². The van der Waals surface area contributed by atoms with Crippen LogP contribution in [0.15, 0.2) is 66.3 Å². The van der Waals surface area contributed by atoms with Gasteiger partial charge in [0, 0.05) is 6.54 Å². The van der Waals surface area contributed by atoms with Crippen LogP contribution in [0.4, 0.5) is 0 Å². The SMILES string of the molecule is N#C/C(=C\C=C\c1ccc(O)c(O)c1)C(=O)NCc1ccccc1. The van der Waals surface area contributed by atoms with Crippen molar-refractivity contribution in [1.29, 1.82) is 5.26 Å². The molecule has 2 aromatic rings. The summed E-state index contributed by atoms with van der Waals surface area (Å²) in [6, 6.07) is 15.6. The minimum absolute atomic E-state index is 0.0230. The van der Waals surface area contributed by atoms with Gasteiger partial charge in [-0.05, 0) is 29.3 Å². The van der Waals surface area contributed by atoms with E-state index in [1.54, 1.807) is 12.1 Å². The van der Waals surface area contributed by atoms with Crippen molar-refractivity contribution in [2.24, 2.45) is 0 Å². The number of hydrogen-bond acceptors (Lipinski definition) is 4. The number of nitrogens with one attached hydrogen (secondary N) is 1. The minimum Gasteiger partial charge on any atom is -0.504 e. The highest BCUT2D eigenvalue weighted by atomic mass is 16.3. The molecule has 2 aromatic carbocycles. The molecule has 0 saturated heterocycles. The third-order valence-corrected chi connectivity index (χ3v) is 3.21. The largest absolute Gasteiger partial charge is 0.504 e. The molecule has 0 aliphatic carbocycles. The van der Waals surface area contributed by atoms with Gasteiger partial charge in [-0.2, -0.15) is 5.26 Å². The molecule has 0 unspecified atom stereocenters. The number of rotatable bonds is 5. The minimum atomic E-state index is -0.459. The fourth-order valence-electron chi connectivity index (χ4n) is 1.94. The quantitative estimate of drug-likeness (QED) is 0.342. The Morgan fingerprint density at radius 2 is 1.88 bits per heavy atom. The van der Waals surface area contributed by atoms with E-state index in [9.17, 15) is 15.0 Å². The highest BCUT2D eigenvalue weighted by Crippen LogP contribution is 2.25. The summed E-state index contributed by atoms with van der Waals surface area (Å²) < 4.78 is 0. The molecule has 0 radical (unpaired) electrons. The van der Waals surface area contributed by atoms with Crippen LogP contribution in [0.2, 0.25) is 0 Å². The van der Waals surface area contributed by atoms with Gasteiger partial charge in [-0.1, -0.05) is 48.6 Å². The number of amides is 1. The highest BCUT2D eigenvalue weighted by Gasteiger charge is 2.07. The topological polar surface area (TPSA) is 93.3 Å². The van der Waals surface area contributed by atoms with E-state index in [1.165, 1.54) is 24.3 Å². The Balaban J connectivity index is 2.00. The van der Waals surface area contributed by atoms with Gasteiger partial charge in [0.15, 0.2) is 11.5 Å². The zero-order chi connectivity index (χ0) is 17.4. The number of benzene rings is 2. The predicted octanol–water partition coefficient (Wildman–Crippen LogP) is 2.88. The molecule has 0 aromatic heterocycles. The first kappa shape index (κ1) is 16.8. The Morgan fingerprint density at radius 3 is 2.54 bits per heavy atom. The predicted molar refractivity (Wildman–Crippen MR) is 90.8 cm³/mol. The second kappa shape index (κ2) is 8.20. The summed E-state index contributed by atoms with van der Waals surface area (Å²) in [6.45, 7) is 0.342. The lowest BCUT2D eigenvalue weighted by Gasteiger charge is -2.03. The summed E-state index contributed by atoms with van der Waals surface area (Å²) in [4.78, 5) is 12.0. The van der Waals surface area contributed by atoms with Gasteiger partial charge in [-0.15, -0.1) is 0 Å². The van der Waals surface area contributed by atoms with Crippen LogP contribution >= 0.6 is 0 Å². The molecule has 0 fully saturated rings. The van der Waals surface area contributed by atoms with Crippen LogP contribution in [-0.4, -0.2) is 16.1 Å². The molecule has 3 N–H and O–H groups in total. The number of hydrogen-bond donors (Lipinski definition) is 3. The summed E-state index contributed by atoms with van der Waals surface area (Å²) in [5.41, 5.74) is 1.55. The van der Waals surface area contributed by atoms with Gasteiger partial charge in [0.2, 0.25) is 0 Å². The maximum atomic E-state index is 12.0. The molecule has 2 rings (SSSR count). The third kappa shape index (κ3) is 4.75. The van der Waals surface area contributed by atoms with E-state index >= 15 is 0 Å². The molecule has 0 spiro atoms. The van der Waals surface area contributed by atoms with Gasteiger partial charge in [-0.25, -0.2) is 0 Å². The first-order valence-corrected chi connectivity index (χ1v) is 7.22. The number of nitrogens with zero attached hydrogens (tertiary/aromatic N) is 1. The molecule has 0 aliphatic heterocycles. The number of aromatic hydroxyl groups is 2. The van der Waals surface area contributed by atoms with Crippen molar-refractivity contribution in [2.45, 2.75) is 6.54 Å². The number of carbonyl (C=O) groups excluding carboxylic acids is 1. The zero-order valence-corrected chi connectivity index (χ0v) is 12.8. The summed E-state index contributed by atoms with van der Waals surface area (Å²) in [5.74, 6) is -0.900. The van der Waals surface area contributed by atoms with Gasteiger partial charge in [0.1, 0.15) is 11.6 Å². The monoisotopic (exact) mass is 320 g/mol. The first-order chi connectivity index (χ1) is 11.6. The van der Waals surface area contributed by atoms with E-state index in [1.807, 2.05) is 36.4 Å². The maximum absolute atomic E-state index is 12.0. The van der Waals surface area contributed by atoms with Gasteiger partial charge < -0.3 is 15.5 Å². The highest BCUT2D eigenvalue weighted by molar-refractivity contribution is 5.97. The number of carbonyl (C=O) groups is 1. The number of nitriles is 1. The van der Waals surface area contributed by atoms with Crippen LogP contribution in [0.3, 0.4) is 0 Å². The van der Waals surface area contributed by atoms with Crippen molar-refractivity contribution in [3.05, 3.63) is 77.4 Å². The zero-order valence-electron chi connectivity index (χ0n) is 12.8. The number of allylic oxidation sites excluding steroid dienone is 2. The second-order valence-electron chi connectivity index (χ2n) is 4.97. The molecule has 1 amide bonds. The lowest BCUT2D eigenvalue weighted by molar-refractivity contribution is -0.117. The molecular weight excluding hydrogens is 304 g/mol. The molecule has 24 heavy (non-hydrogen) atoms. The lowest BCUT2D eigenvalue weighted by Crippen LogP contribution is -2.23. The van der Waals surface area contributed by atoms with Gasteiger partial charge in [-0.3, -0.25) is 4.79 Å². The Bertz CT molecular complexity index is 818. The molecule has 0 bridgehead atoms. The van der Waals surface area contributed by atoms with E-state index in [-0.39, 0.29) is 17.1 Å². The molecule has 5 heteroatoms. The van der Waals surface area contributed by atoms with Crippen LogP contribution < -0.4 is 5.32 Å². The Labute approximate surface area is 139 Å². The summed E-state index contributed by atoms with van der Waals surface area (Å²) in [6.07, 6.45) is 4.54. The smallest absolute Gasteiger partial charge is 0.262 e. The van der Waals surface area contributed by atoms with Crippen molar-refractivity contribution < 1.29 is 15.0 Å². The molecule has 120 valence electrons. The van der Waals surface area contributed by atoms with Crippen LogP contribution in [0.1, 0.15) is 11.1 Å². The van der Waals surface area contributed by atoms with E-state index in [0.29, 0.717) is 12.1 Å². The summed E-state index contributed by atoms with van der Waals surface area (Å²) in [5, 5.41) is 30.4. The van der Waals surface area contributed by atoms with E-state index in [2.05, 4.69) is 5.32 Å².